The maximum atomic E-state index is 12.4. The van der Waals surface area contributed by atoms with Crippen molar-refractivity contribution >= 4 is 29.3 Å². The summed E-state index contributed by atoms with van der Waals surface area (Å²) in [6.45, 7) is 6.40. The molecule has 1 aromatic heterocycles. The standard InChI is InChI=1S/C12H17ClN4OS/c1-3-16-4-6-17(7-5-16)11(18)10-9(13)8-14-12(15-10)19-2/h8H,3-7H2,1-2H3. The van der Waals surface area contributed by atoms with Crippen molar-refractivity contribution in [1.29, 1.82) is 0 Å². The summed E-state index contributed by atoms with van der Waals surface area (Å²) in [6, 6.07) is 0. The number of likely N-dealkylation sites (N-methyl/N-ethyl adjacent to an activating group) is 1. The molecule has 104 valence electrons. The van der Waals surface area contributed by atoms with Crippen LogP contribution in [-0.4, -0.2) is 64.7 Å². The molecule has 0 radical (unpaired) electrons. The van der Waals surface area contributed by atoms with Gasteiger partial charge in [-0.2, -0.15) is 0 Å². The molecule has 0 bridgehead atoms. The molecule has 1 saturated heterocycles. The van der Waals surface area contributed by atoms with Crippen LogP contribution in [0.25, 0.3) is 0 Å². The average molecular weight is 301 g/mol. The highest BCUT2D eigenvalue weighted by Gasteiger charge is 2.24. The van der Waals surface area contributed by atoms with E-state index in [0.717, 1.165) is 32.7 Å². The van der Waals surface area contributed by atoms with Gasteiger partial charge in [0.05, 0.1) is 11.2 Å². The number of carbonyl (C=O) groups is 1. The molecule has 1 aliphatic rings. The van der Waals surface area contributed by atoms with Crippen molar-refractivity contribution in [3.8, 4) is 0 Å². The van der Waals surface area contributed by atoms with Crippen LogP contribution >= 0.6 is 23.4 Å². The van der Waals surface area contributed by atoms with Gasteiger partial charge in [-0.25, -0.2) is 9.97 Å². The zero-order valence-electron chi connectivity index (χ0n) is 11.1. The number of carbonyl (C=O) groups excluding carboxylic acids is 1. The molecule has 1 aromatic rings. The lowest BCUT2D eigenvalue weighted by molar-refractivity contribution is 0.0636. The Morgan fingerprint density at radius 2 is 2.11 bits per heavy atom. The average Bonchev–Trinajstić information content (AvgIpc) is 2.47. The lowest BCUT2D eigenvalue weighted by Crippen LogP contribution is -2.48. The van der Waals surface area contributed by atoms with Crippen LogP contribution in [0.4, 0.5) is 0 Å². The third-order valence-corrected chi connectivity index (χ3v) is 4.05. The molecule has 5 nitrogen and oxygen atoms in total. The topological polar surface area (TPSA) is 49.3 Å². The van der Waals surface area contributed by atoms with Crippen molar-refractivity contribution in [2.24, 2.45) is 0 Å². The monoisotopic (exact) mass is 300 g/mol. The van der Waals surface area contributed by atoms with Gasteiger partial charge in [-0.3, -0.25) is 4.79 Å². The van der Waals surface area contributed by atoms with Crippen molar-refractivity contribution in [1.82, 2.24) is 19.8 Å². The van der Waals surface area contributed by atoms with Gasteiger partial charge in [0.25, 0.3) is 5.91 Å². The summed E-state index contributed by atoms with van der Waals surface area (Å²) < 4.78 is 0. The third kappa shape index (κ3) is 3.38. The van der Waals surface area contributed by atoms with Crippen molar-refractivity contribution < 1.29 is 4.79 Å². The third-order valence-electron chi connectivity index (χ3n) is 3.21. The summed E-state index contributed by atoms with van der Waals surface area (Å²) in [7, 11) is 0. The second-order valence-electron chi connectivity index (χ2n) is 4.28. The van der Waals surface area contributed by atoms with E-state index in [1.807, 2.05) is 11.2 Å². The van der Waals surface area contributed by atoms with Gasteiger partial charge in [0.1, 0.15) is 0 Å². The minimum atomic E-state index is -0.0987. The Morgan fingerprint density at radius 1 is 1.42 bits per heavy atom. The highest BCUT2D eigenvalue weighted by Crippen LogP contribution is 2.18. The number of hydrogen-bond donors (Lipinski definition) is 0. The van der Waals surface area contributed by atoms with Gasteiger partial charge in [0.15, 0.2) is 10.9 Å². The lowest BCUT2D eigenvalue weighted by Gasteiger charge is -2.33. The summed E-state index contributed by atoms with van der Waals surface area (Å²) in [5.41, 5.74) is 0.311. The summed E-state index contributed by atoms with van der Waals surface area (Å²) >= 11 is 7.43. The molecule has 1 fully saturated rings. The second kappa shape index (κ2) is 6.54. The van der Waals surface area contributed by atoms with Gasteiger partial charge in [-0.1, -0.05) is 30.3 Å². The molecule has 2 heterocycles. The van der Waals surface area contributed by atoms with Crippen LogP contribution in [0.2, 0.25) is 5.02 Å². The van der Waals surface area contributed by atoms with Gasteiger partial charge in [0.2, 0.25) is 0 Å². The Hall–Kier alpha value is -0.850. The Balaban J connectivity index is 2.11. The quantitative estimate of drug-likeness (QED) is 0.627. The number of amides is 1. The van der Waals surface area contributed by atoms with E-state index in [9.17, 15) is 4.79 Å². The van der Waals surface area contributed by atoms with Crippen LogP contribution in [0.15, 0.2) is 11.4 Å². The lowest BCUT2D eigenvalue weighted by atomic mass is 10.2. The van der Waals surface area contributed by atoms with E-state index >= 15 is 0 Å². The first-order chi connectivity index (χ1) is 9.15. The van der Waals surface area contributed by atoms with Crippen LogP contribution in [0.5, 0.6) is 0 Å². The van der Waals surface area contributed by atoms with Crippen LogP contribution in [0.3, 0.4) is 0 Å². The van der Waals surface area contributed by atoms with Gasteiger partial charge in [-0.05, 0) is 12.8 Å². The number of rotatable bonds is 3. The van der Waals surface area contributed by atoms with Crippen LogP contribution in [-0.2, 0) is 0 Å². The molecule has 0 N–H and O–H groups in total. The first-order valence-corrected chi connectivity index (χ1v) is 7.84. The number of hydrogen-bond acceptors (Lipinski definition) is 5. The molecule has 0 unspecified atom stereocenters. The minimum Gasteiger partial charge on any atom is -0.335 e. The zero-order chi connectivity index (χ0) is 13.8. The predicted molar refractivity (Wildman–Crippen MR) is 76.8 cm³/mol. The van der Waals surface area contributed by atoms with Gasteiger partial charge >= 0.3 is 0 Å². The van der Waals surface area contributed by atoms with Gasteiger partial charge in [-0.15, -0.1) is 0 Å². The normalized spacial score (nSPS) is 16.7. The maximum absolute atomic E-state index is 12.4. The van der Waals surface area contributed by atoms with E-state index in [0.29, 0.717) is 15.9 Å². The Bertz CT molecular complexity index is 463. The number of halogens is 1. The zero-order valence-corrected chi connectivity index (χ0v) is 12.7. The smallest absolute Gasteiger partial charge is 0.274 e. The molecule has 1 aliphatic heterocycles. The van der Waals surface area contributed by atoms with Crippen LogP contribution < -0.4 is 0 Å². The molecule has 7 heteroatoms. The molecule has 0 aromatic carbocycles. The fourth-order valence-electron chi connectivity index (χ4n) is 2.02. The molecular formula is C12H17ClN4OS. The largest absolute Gasteiger partial charge is 0.335 e. The highest BCUT2D eigenvalue weighted by molar-refractivity contribution is 7.98. The van der Waals surface area contributed by atoms with Gasteiger partial charge in [0, 0.05) is 26.2 Å². The fourth-order valence-corrected chi connectivity index (χ4v) is 2.53. The molecule has 0 spiro atoms. The summed E-state index contributed by atoms with van der Waals surface area (Å²) in [6.07, 6.45) is 3.37. The van der Waals surface area contributed by atoms with Crippen molar-refractivity contribution in [2.75, 3.05) is 39.0 Å². The first-order valence-electron chi connectivity index (χ1n) is 6.24. The molecule has 0 atom stereocenters. The van der Waals surface area contributed by atoms with E-state index in [4.69, 9.17) is 11.6 Å². The van der Waals surface area contributed by atoms with E-state index in [2.05, 4.69) is 21.8 Å². The number of nitrogens with zero attached hydrogens (tertiary/aromatic N) is 4. The molecular weight excluding hydrogens is 284 g/mol. The van der Waals surface area contributed by atoms with Crippen LogP contribution in [0.1, 0.15) is 17.4 Å². The summed E-state index contributed by atoms with van der Waals surface area (Å²) in [5.74, 6) is -0.0987. The highest BCUT2D eigenvalue weighted by atomic mass is 35.5. The molecule has 0 aliphatic carbocycles. The van der Waals surface area contributed by atoms with Crippen molar-refractivity contribution in [2.45, 2.75) is 12.1 Å². The predicted octanol–water partition coefficient (Wildman–Crippen LogP) is 1.63. The molecule has 0 saturated carbocycles. The maximum Gasteiger partial charge on any atom is 0.274 e. The summed E-state index contributed by atoms with van der Waals surface area (Å²) in [5, 5.41) is 0.890. The van der Waals surface area contributed by atoms with E-state index < -0.39 is 0 Å². The summed E-state index contributed by atoms with van der Waals surface area (Å²) in [4.78, 5) is 24.8. The van der Waals surface area contributed by atoms with Crippen LogP contribution in [0, 0.1) is 0 Å². The number of thioether (sulfide) groups is 1. The Labute approximate surface area is 122 Å². The number of aromatic nitrogens is 2. The van der Waals surface area contributed by atoms with E-state index in [1.165, 1.54) is 18.0 Å². The molecule has 2 rings (SSSR count). The Kier molecular flexibility index (Phi) is 5.01. The Morgan fingerprint density at radius 3 is 2.68 bits per heavy atom. The molecule has 1 amide bonds. The van der Waals surface area contributed by atoms with Crippen molar-refractivity contribution in [3.63, 3.8) is 0 Å². The van der Waals surface area contributed by atoms with E-state index in [1.54, 1.807) is 0 Å². The number of piperazine rings is 1. The van der Waals surface area contributed by atoms with Gasteiger partial charge < -0.3 is 9.80 Å². The second-order valence-corrected chi connectivity index (χ2v) is 5.46. The fraction of sp³-hybridized carbons (Fsp3) is 0.583. The minimum absolute atomic E-state index is 0.0987. The first kappa shape index (κ1) is 14.6. The molecule has 19 heavy (non-hydrogen) atoms. The SMILES string of the molecule is CCN1CCN(C(=O)c2nc(SC)ncc2Cl)CC1. The van der Waals surface area contributed by atoms with E-state index in [-0.39, 0.29) is 5.91 Å². The van der Waals surface area contributed by atoms with Crippen molar-refractivity contribution in [3.05, 3.63) is 16.9 Å².